The van der Waals surface area contributed by atoms with E-state index in [-0.39, 0.29) is 0 Å². The Balaban J connectivity index is 2.79. The van der Waals surface area contributed by atoms with E-state index >= 15 is 0 Å². The predicted molar refractivity (Wildman–Crippen MR) is 56.3 cm³/mol. The first-order valence-electron chi connectivity index (χ1n) is 4.47. The molecule has 1 aromatic heterocycles. The first-order valence-corrected chi connectivity index (χ1v) is 5.29. The lowest BCUT2D eigenvalue weighted by Crippen LogP contribution is -2.06. The standard InChI is InChI=1S/C10H14O3S/c1-6(2)5-13-8-4-7(3)14-9(8)10(11)12/h4,6H,5H2,1-3H3,(H,11,12). The fraction of sp³-hybridized carbons (Fsp3) is 0.500. The van der Waals surface area contributed by atoms with Crippen LogP contribution in [0.5, 0.6) is 5.75 Å². The van der Waals surface area contributed by atoms with Crippen molar-refractivity contribution in [2.45, 2.75) is 20.8 Å². The summed E-state index contributed by atoms with van der Waals surface area (Å²) in [6.45, 7) is 6.48. The summed E-state index contributed by atoms with van der Waals surface area (Å²) in [6, 6.07) is 1.77. The Morgan fingerprint density at radius 2 is 2.29 bits per heavy atom. The molecule has 1 N–H and O–H groups in total. The minimum absolute atomic E-state index is 0.295. The van der Waals surface area contributed by atoms with Gasteiger partial charge in [0.2, 0.25) is 0 Å². The van der Waals surface area contributed by atoms with Crippen LogP contribution in [-0.2, 0) is 0 Å². The van der Waals surface area contributed by atoms with E-state index in [0.717, 1.165) is 4.88 Å². The van der Waals surface area contributed by atoms with Gasteiger partial charge in [0.15, 0.2) is 4.88 Å². The summed E-state index contributed by atoms with van der Waals surface area (Å²) < 4.78 is 5.41. The average Bonchev–Trinajstić information content (AvgIpc) is 2.43. The molecule has 1 rings (SSSR count). The highest BCUT2D eigenvalue weighted by Gasteiger charge is 2.15. The summed E-state index contributed by atoms with van der Waals surface area (Å²) in [7, 11) is 0. The number of hydrogen-bond donors (Lipinski definition) is 1. The van der Waals surface area contributed by atoms with Crippen LogP contribution in [0.1, 0.15) is 28.4 Å². The molecule has 0 aliphatic rings. The molecule has 0 saturated carbocycles. The van der Waals surface area contributed by atoms with Crippen LogP contribution < -0.4 is 4.74 Å². The Labute approximate surface area is 87.3 Å². The summed E-state index contributed by atoms with van der Waals surface area (Å²) in [4.78, 5) is 12.1. The van der Waals surface area contributed by atoms with E-state index in [2.05, 4.69) is 0 Å². The number of carbonyl (C=O) groups is 1. The molecule has 1 heterocycles. The normalized spacial score (nSPS) is 10.6. The largest absolute Gasteiger partial charge is 0.492 e. The van der Waals surface area contributed by atoms with Gasteiger partial charge in [0.1, 0.15) is 5.75 Å². The van der Waals surface area contributed by atoms with Crippen molar-refractivity contribution in [3.63, 3.8) is 0 Å². The molecule has 0 atom stereocenters. The third-order valence-electron chi connectivity index (χ3n) is 1.59. The van der Waals surface area contributed by atoms with Crippen LogP contribution >= 0.6 is 11.3 Å². The van der Waals surface area contributed by atoms with Gasteiger partial charge in [-0.15, -0.1) is 11.3 Å². The van der Waals surface area contributed by atoms with Crippen LogP contribution in [0.3, 0.4) is 0 Å². The van der Waals surface area contributed by atoms with Gasteiger partial charge in [0.05, 0.1) is 6.61 Å². The molecule has 0 saturated heterocycles. The zero-order valence-corrected chi connectivity index (χ0v) is 9.35. The van der Waals surface area contributed by atoms with E-state index in [1.165, 1.54) is 11.3 Å². The molecule has 0 bridgehead atoms. The van der Waals surface area contributed by atoms with Crippen molar-refractivity contribution in [1.29, 1.82) is 0 Å². The second-order valence-electron chi connectivity index (χ2n) is 3.56. The highest BCUT2D eigenvalue weighted by Crippen LogP contribution is 2.29. The smallest absolute Gasteiger partial charge is 0.349 e. The number of rotatable bonds is 4. The Morgan fingerprint density at radius 1 is 1.64 bits per heavy atom. The molecule has 14 heavy (non-hydrogen) atoms. The molecular formula is C10H14O3S. The third kappa shape index (κ3) is 2.73. The molecule has 0 unspecified atom stereocenters. The molecule has 0 aliphatic carbocycles. The maximum absolute atomic E-state index is 10.8. The SMILES string of the molecule is Cc1cc(OCC(C)C)c(C(=O)O)s1. The number of ether oxygens (including phenoxy) is 1. The predicted octanol–water partition coefficient (Wildman–Crippen LogP) is 2.79. The van der Waals surface area contributed by atoms with Gasteiger partial charge in [-0.2, -0.15) is 0 Å². The van der Waals surface area contributed by atoms with E-state index in [1.807, 2.05) is 20.8 Å². The van der Waals surface area contributed by atoms with Crippen LogP contribution in [0.25, 0.3) is 0 Å². The molecule has 0 aromatic carbocycles. The van der Waals surface area contributed by atoms with E-state index < -0.39 is 5.97 Å². The van der Waals surface area contributed by atoms with Crippen molar-refractivity contribution in [3.8, 4) is 5.75 Å². The molecule has 78 valence electrons. The van der Waals surface area contributed by atoms with Gasteiger partial charge in [0.25, 0.3) is 0 Å². The molecule has 4 heteroatoms. The Hall–Kier alpha value is -1.03. The Kier molecular flexibility index (Phi) is 3.52. The lowest BCUT2D eigenvalue weighted by atomic mass is 10.2. The monoisotopic (exact) mass is 214 g/mol. The molecule has 0 fully saturated rings. The van der Waals surface area contributed by atoms with Gasteiger partial charge in [-0.05, 0) is 18.9 Å². The van der Waals surface area contributed by atoms with E-state index in [4.69, 9.17) is 9.84 Å². The maximum Gasteiger partial charge on any atom is 0.349 e. The zero-order chi connectivity index (χ0) is 10.7. The average molecular weight is 214 g/mol. The van der Waals surface area contributed by atoms with E-state index in [0.29, 0.717) is 23.2 Å². The Bertz CT molecular complexity index is 328. The molecule has 0 radical (unpaired) electrons. The number of thiophene rings is 1. The number of aromatic carboxylic acids is 1. The van der Waals surface area contributed by atoms with Crippen molar-refractivity contribution in [2.24, 2.45) is 5.92 Å². The third-order valence-corrected chi connectivity index (χ3v) is 2.61. The minimum Gasteiger partial charge on any atom is -0.492 e. The van der Waals surface area contributed by atoms with Crippen LogP contribution in [-0.4, -0.2) is 17.7 Å². The van der Waals surface area contributed by atoms with Crippen molar-refractivity contribution in [3.05, 3.63) is 15.8 Å². The number of carboxylic acid groups (broad SMARTS) is 1. The molecule has 0 spiro atoms. The van der Waals surface area contributed by atoms with Crippen LogP contribution in [0.2, 0.25) is 0 Å². The minimum atomic E-state index is -0.915. The number of hydrogen-bond acceptors (Lipinski definition) is 3. The van der Waals surface area contributed by atoms with Crippen molar-refractivity contribution in [2.75, 3.05) is 6.61 Å². The van der Waals surface area contributed by atoms with Gasteiger partial charge in [-0.1, -0.05) is 13.8 Å². The molecular weight excluding hydrogens is 200 g/mol. The summed E-state index contributed by atoms with van der Waals surface area (Å²) in [5, 5.41) is 8.87. The number of carboxylic acids is 1. The summed E-state index contributed by atoms with van der Waals surface area (Å²) in [5.74, 6) is -0.0209. The van der Waals surface area contributed by atoms with Crippen molar-refractivity contribution < 1.29 is 14.6 Å². The fourth-order valence-corrected chi connectivity index (χ4v) is 1.80. The summed E-state index contributed by atoms with van der Waals surface area (Å²) >= 11 is 1.25. The van der Waals surface area contributed by atoms with E-state index in [1.54, 1.807) is 6.07 Å². The van der Waals surface area contributed by atoms with Gasteiger partial charge in [-0.3, -0.25) is 0 Å². The van der Waals surface area contributed by atoms with Gasteiger partial charge in [0, 0.05) is 4.88 Å². The van der Waals surface area contributed by atoms with Gasteiger partial charge >= 0.3 is 5.97 Å². The maximum atomic E-state index is 10.8. The number of aryl methyl sites for hydroxylation is 1. The van der Waals surface area contributed by atoms with Crippen LogP contribution in [0.15, 0.2) is 6.07 Å². The van der Waals surface area contributed by atoms with Crippen molar-refractivity contribution in [1.82, 2.24) is 0 Å². The molecule has 0 amide bonds. The van der Waals surface area contributed by atoms with Crippen LogP contribution in [0, 0.1) is 12.8 Å². The lowest BCUT2D eigenvalue weighted by molar-refractivity contribution is 0.0697. The van der Waals surface area contributed by atoms with Gasteiger partial charge < -0.3 is 9.84 Å². The second-order valence-corrected chi connectivity index (χ2v) is 4.82. The molecule has 0 aliphatic heterocycles. The fourth-order valence-electron chi connectivity index (χ4n) is 1.00. The summed E-state index contributed by atoms with van der Waals surface area (Å²) in [5.41, 5.74) is 0. The Morgan fingerprint density at radius 3 is 2.79 bits per heavy atom. The quantitative estimate of drug-likeness (QED) is 0.838. The van der Waals surface area contributed by atoms with Crippen LogP contribution in [0.4, 0.5) is 0 Å². The topological polar surface area (TPSA) is 46.5 Å². The van der Waals surface area contributed by atoms with Crippen molar-refractivity contribution >= 4 is 17.3 Å². The first kappa shape index (κ1) is 11.0. The zero-order valence-electron chi connectivity index (χ0n) is 8.53. The molecule has 1 aromatic rings. The van der Waals surface area contributed by atoms with Gasteiger partial charge in [-0.25, -0.2) is 4.79 Å². The highest BCUT2D eigenvalue weighted by atomic mass is 32.1. The second kappa shape index (κ2) is 4.46. The highest BCUT2D eigenvalue weighted by molar-refractivity contribution is 7.14. The summed E-state index contributed by atoms with van der Waals surface area (Å²) in [6.07, 6.45) is 0. The first-order chi connectivity index (χ1) is 6.50. The lowest BCUT2D eigenvalue weighted by Gasteiger charge is -2.07. The van der Waals surface area contributed by atoms with E-state index in [9.17, 15) is 4.79 Å². The molecule has 3 nitrogen and oxygen atoms in total.